The summed E-state index contributed by atoms with van der Waals surface area (Å²) in [4.78, 5) is 12.2. The quantitative estimate of drug-likeness (QED) is 0.919. The van der Waals surface area contributed by atoms with Gasteiger partial charge in [0.1, 0.15) is 5.75 Å². The van der Waals surface area contributed by atoms with E-state index >= 15 is 0 Å². The molecule has 0 spiro atoms. The summed E-state index contributed by atoms with van der Waals surface area (Å²) in [7, 11) is 1.64. The van der Waals surface area contributed by atoms with Crippen molar-refractivity contribution in [2.75, 3.05) is 13.7 Å². The minimum Gasteiger partial charge on any atom is -0.497 e. The molecule has 2 aromatic rings. The molecule has 4 heteroatoms. The Morgan fingerprint density at radius 3 is 2.95 bits per heavy atom. The maximum absolute atomic E-state index is 12.2. The van der Waals surface area contributed by atoms with Gasteiger partial charge in [-0.25, -0.2) is 0 Å². The minimum absolute atomic E-state index is 0.0372. The van der Waals surface area contributed by atoms with Crippen LogP contribution in [0.15, 0.2) is 18.2 Å². The molecule has 19 heavy (non-hydrogen) atoms. The molecular weight excluding hydrogens is 242 g/mol. The van der Waals surface area contributed by atoms with Crippen LogP contribution < -0.4 is 4.74 Å². The third-order valence-electron chi connectivity index (χ3n) is 3.79. The SMILES string of the molecule is COc1ccc2c(c1)c1c(n2CCO)C(=O)CCC1. The molecule has 1 aromatic heterocycles. The zero-order chi connectivity index (χ0) is 13.4. The summed E-state index contributed by atoms with van der Waals surface area (Å²) in [6.45, 7) is 0.499. The van der Waals surface area contributed by atoms with E-state index in [2.05, 4.69) is 0 Å². The number of aryl methyl sites for hydroxylation is 1. The highest BCUT2D eigenvalue weighted by molar-refractivity contribution is 6.04. The van der Waals surface area contributed by atoms with Gasteiger partial charge in [-0.05, 0) is 36.6 Å². The first-order chi connectivity index (χ1) is 9.26. The molecule has 1 N–H and O–H groups in total. The van der Waals surface area contributed by atoms with Crippen LogP contribution in [0.1, 0.15) is 28.9 Å². The van der Waals surface area contributed by atoms with E-state index in [4.69, 9.17) is 4.74 Å². The lowest BCUT2D eigenvalue weighted by molar-refractivity contribution is 0.0962. The van der Waals surface area contributed by atoms with Crippen LogP contribution in [0, 0.1) is 0 Å². The topological polar surface area (TPSA) is 51.5 Å². The van der Waals surface area contributed by atoms with Crippen molar-refractivity contribution in [3.8, 4) is 5.75 Å². The Kier molecular flexibility index (Phi) is 3.03. The van der Waals surface area contributed by atoms with Gasteiger partial charge in [0.2, 0.25) is 0 Å². The molecule has 1 aliphatic carbocycles. The molecule has 3 rings (SSSR count). The smallest absolute Gasteiger partial charge is 0.179 e. The standard InChI is InChI=1S/C15H17NO3/c1-19-10-5-6-13-12(9-10)11-3-2-4-14(18)15(11)16(13)7-8-17/h5-6,9,17H,2-4,7-8H2,1H3. The second-order valence-corrected chi connectivity index (χ2v) is 4.86. The van der Waals surface area contributed by atoms with Crippen molar-refractivity contribution in [3.05, 3.63) is 29.5 Å². The summed E-state index contributed by atoms with van der Waals surface area (Å²) in [5.74, 6) is 0.985. The van der Waals surface area contributed by atoms with Crippen molar-refractivity contribution < 1.29 is 14.6 Å². The molecule has 1 aromatic carbocycles. The van der Waals surface area contributed by atoms with Crippen LogP contribution in [0.2, 0.25) is 0 Å². The van der Waals surface area contributed by atoms with Gasteiger partial charge < -0.3 is 14.4 Å². The Balaban J connectivity index is 2.31. The number of benzene rings is 1. The van der Waals surface area contributed by atoms with Gasteiger partial charge in [0.25, 0.3) is 0 Å². The zero-order valence-corrected chi connectivity index (χ0v) is 11.0. The van der Waals surface area contributed by atoms with E-state index in [9.17, 15) is 9.90 Å². The number of aliphatic hydroxyl groups excluding tert-OH is 1. The van der Waals surface area contributed by atoms with E-state index in [0.717, 1.165) is 40.8 Å². The molecule has 0 saturated heterocycles. The first-order valence-electron chi connectivity index (χ1n) is 6.59. The summed E-state index contributed by atoms with van der Waals surface area (Å²) in [5, 5.41) is 10.3. The van der Waals surface area contributed by atoms with Crippen molar-refractivity contribution in [1.29, 1.82) is 0 Å². The van der Waals surface area contributed by atoms with Crippen molar-refractivity contribution in [1.82, 2.24) is 4.57 Å². The van der Waals surface area contributed by atoms with Crippen LogP contribution in [0.25, 0.3) is 10.9 Å². The third-order valence-corrected chi connectivity index (χ3v) is 3.79. The Morgan fingerprint density at radius 1 is 1.37 bits per heavy atom. The number of ketones is 1. The molecule has 1 aliphatic rings. The predicted molar refractivity (Wildman–Crippen MR) is 72.8 cm³/mol. The maximum atomic E-state index is 12.2. The van der Waals surface area contributed by atoms with Gasteiger partial charge in [-0.15, -0.1) is 0 Å². The molecular formula is C15H17NO3. The van der Waals surface area contributed by atoms with Crippen LogP contribution in [-0.2, 0) is 13.0 Å². The summed E-state index contributed by atoms with van der Waals surface area (Å²) in [6.07, 6.45) is 2.43. The Bertz CT molecular complexity index is 642. The summed E-state index contributed by atoms with van der Waals surface area (Å²) in [6, 6.07) is 5.85. The number of carbonyl (C=O) groups is 1. The second-order valence-electron chi connectivity index (χ2n) is 4.86. The molecule has 0 atom stereocenters. The number of hydrogen-bond acceptors (Lipinski definition) is 3. The van der Waals surface area contributed by atoms with Gasteiger partial charge in [-0.2, -0.15) is 0 Å². The van der Waals surface area contributed by atoms with Crippen molar-refractivity contribution in [3.63, 3.8) is 0 Å². The van der Waals surface area contributed by atoms with E-state index < -0.39 is 0 Å². The van der Waals surface area contributed by atoms with E-state index in [1.165, 1.54) is 0 Å². The average molecular weight is 259 g/mol. The lowest BCUT2D eigenvalue weighted by atomic mass is 9.94. The van der Waals surface area contributed by atoms with Crippen LogP contribution in [0.5, 0.6) is 5.75 Å². The Labute approximate surface area is 111 Å². The van der Waals surface area contributed by atoms with Gasteiger partial charge in [0.15, 0.2) is 5.78 Å². The van der Waals surface area contributed by atoms with E-state index in [1.807, 2.05) is 22.8 Å². The van der Waals surface area contributed by atoms with Crippen molar-refractivity contribution >= 4 is 16.7 Å². The van der Waals surface area contributed by atoms with Gasteiger partial charge in [0, 0.05) is 23.9 Å². The number of fused-ring (bicyclic) bond motifs is 3. The molecule has 100 valence electrons. The second kappa shape index (κ2) is 4.70. The number of rotatable bonds is 3. The largest absolute Gasteiger partial charge is 0.497 e. The highest BCUT2D eigenvalue weighted by Crippen LogP contribution is 2.34. The van der Waals surface area contributed by atoms with E-state index in [-0.39, 0.29) is 12.4 Å². The number of aromatic nitrogens is 1. The lowest BCUT2D eigenvalue weighted by Crippen LogP contribution is -2.16. The third kappa shape index (κ3) is 1.83. The Hall–Kier alpha value is -1.81. The lowest BCUT2D eigenvalue weighted by Gasteiger charge is -2.14. The van der Waals surface area contributed by atoms with Crippen molar-refractivity contribution in [2.45, 2.75) is 25.8 Å². The number of ether oxygens (including phenoxy) is 1. The molecule has 0 bridgehead atoms. The minimum atomic E-state index is 0.0372. The van der Waals surface area contributed by atoms with Crippen LogP contribution in [0.4, 0.5) is 0 Å². The molecule has 0 radical (unpaired) electrons. The number of Topliss-reactive ketones (excluding diaryl/α,β-unsaturated/α-hetero) is 1. The van der Waals surface area contributed by atoms with E-state index in [0.29, 0.717) is 13.0 Å². The molecule has 0 unspecified atom stereocenters. The monoisotopic (exact) mass is 259 g/mol. The first kappa shape index (κ1) is 12.2. The summed E-state index contributed by atoms with van der Waals surface area (Å²) in [5.41, 5.74) is 2.90. The number of carbonyl (C=O) groups excluding carboxylic acids is 1. The fraction of sp³-hybridized carbons (Fsp3) is 0.400. The maximum Gasteiger partial charge on any atom is 0.179 e. The molecule has 4 nitrogen and oxygen atoms in total. The van der Waals surface area contributed by atoms with Crippen LogP contribution >= 0.6 is 0 Å². The van der Waals surface area contributed by atoms with Gasteiger partial charge in [-0.1, -0.05) is 0 Å². The zero-order valence-electron chi connectivity index (χ0n) is 11.0. The molecule has 1 heterocycles. The predicted octanol–water partition coefficient (Wildman–Crippen LogP) is 2.16. The van der Waals surface area contributed by atoms with Gasteiger partial charge in [0.05, 0.1) is 19.4 Å². The van der Waals surface area contributed by atoms with Crippen LogP contribution in [-0.4, -0.2) is 29.2 Å². The molecule has 0 amide bonds. The fourth-order valence-electron chi connectivity index (χ4n) is 2.98. The van der Waals surface area contributed by atoms with Crippen molar-refractivity contribution in [2.24, 2.45) is 0 Å². The highest BCUT2D eigenvalue weighted by Gasteiger charge is 2.25. The first-order valence-corrected chi connectivity index (χ1v) is 6.59. The number of hydrogen-bond donors (Lipinski definition) is 1. The number of methoxy groups -OCH3 is 1. The molecule has 0 aliphatic heterocycles. The normalized spacial score (nSPS) is 14.7. The van der Waals surface area contributed by atoms with Crippen LogP contribution in [0.3, 0.4) is 0 Å². The summed E-state index contributed by atoms with van der Waals surface area (Å²) < 4.78 is 7.22. The van der Waals surface area contributed by atoms with E-state index in [1.54, 1.807) is 7.11 Å². The Morgan fingerprint density at radius 2 is 2.21 bits per heavy atom. The fourth-order valence-corrected chi connectivity index (χ4v) is 2.98. The number of nitrogens with zero attached hydrogens (tertiary/aromatic N) is 1. The van der Waals surface area contributed by atoms with Gasteiger partial charge >= 0.3 is 0 Å². The molecule has 0 fully saturated rings. The van der Waals surface area contributed by atoms with Gasteiger partial charge in [-0.3, -0.25) is 4.79 Å². The summed E-state index contributed by atoms with van der Waals surface area (Å²) >= 11 is 0. The average Bonchev–Trinajstić information content (AvgIpc) is 2.75. The number of aliphatic hydroxyl groups is 1. The molecule has 0 saturated carbocycles. The highest BCUT2D eigenvalue weighted by atomic mass is 16.5.